The zero-order valence-electron chi connectivity index (χ0n) is 13.3. The molecule has 0 aliphatic carbocycles. The van der Waals surface area contributed by atoms with Crippen LogP contribution in [0.5, 0.6) is 0 Å². The molecular formula is C15H21N5O3. The predicted octanol–water partition coefficient (Wildman–Crippen LogP) is 0.957. The minimum atomic E-state index is -0.0312. The number of rotatable bonds is 9. The minimum Gasteiger partial charge on any atom is -0.395 e. The lowest BCUT2D eigenvalue weighted by Crippen LogP contribution is -2.31. The van der Waals surface area contributed by atoms with Gasteiger partial charge in [-0.1, -0.05) is 30.3 Å². The third kappa shape index (κ3) is 4.85. The van der Waals surface area contributed by atoms with E-state index >= 15 is 0 Å². The van der Waals surface area contributed by atoms with E-state index in [1.807, 2.05) is 30.3 Å². The van der Waals surface area contributed by atoms with Gasteiger partial charge in [0.05, 0.1) is 6.61 Å². The van der Waals surface area contributed by atoms with Gasteiger partial charge < -0.3 is 24.8 Å². The molecule has 0 bridgehead atoms. The van der Waals surface area contributed by atoms with E-state index in [9.17, 15) is 5.11 Å². The van der Waals surface area contributed by atoms with Crippen LogP contribution in [0.1, 0.15) is 0 Å². The SMILES string of the molecule is COCNc1nc(-c2ccccc2)nc(N(CCO)COC)n1. The maximum absolute atomic E-state index is 9.22. The van der Waals surface area contributed by atoms with Crippen molar-refractivity contribution in [2.24, 2.45) is 0 Å². The van der Waals surface area contributed by atoms with Crippen molar-refractivity contribution in [3.05, 3.63) is 30.3 Å². The molecule has 0 unspecified atom stereocenters. The number of anilines is 2. The molecule has 1 aromatic carbocycles. The van der Waals surface area contributed by atoms with Crippen molar-refractivity contribution in [2.75, 3.05) is 51.0 Å². The summed E-state index contributed by atoms with van der Waals surface area (Å²) in [6.45, 7) is 0.872. The van der Waals surface area contributed by atoms with Crippen LogP contribution in [-0.2, 0) is 9.47 Å². The molecule has 0 aliphatic rings. The number of nitrogens with one attached hydrogen (secondary N) is 1. The van der Waals surface area contributed by atoms with Crippen molar-refractivity contribution in [1.29, 1.82) is 0 Å². The Labute approximate surface area is 135 Å². The normalized spacial score (nSPS) is 10.6. The predicted molar refractivity (Wildman–Crippen MR) is 87.1 cm³/mol. The van der Waals surface area contributed by atoms with Gasteiger partial charge in [0.2, 0.25) is 11.9 Å². The van der Waals surface area contributed by atoms with Gasteiger partial charge in [0.15, 0.2) is 5.82 Å². The lowest BCUT2D eigenvalue weighted by Gasteiger charge is -2.21. The summed E-state index contributed by atoms with van der Waals surface area (Å²) in [6, 6.07) is 9.61. The summed E-state index contributed by atoms with van der Waals surface area (Å²) in [5.41, 5.74) is 0.873. The number of aromatic nitrogens is 3. The van der Waals surface area contributed by atoms with Crippen LogP contribution < -0.4 is 10.2 Å². The quantitative estimate of drug-likeness (QED) is 0.660. The average molecular weight is 319 g/mol. The zero-order chi connectivity index (χ0) is 16.5. The van der Waals surface area contributed by atoms with Crippen LogP contribution in [-0.4, -0.2) is 60.9 Å². The van der Waals surface area contributed by atoms with Crippen LogP contribution in [0.2, 0.25) is 0 Å². The van der Waals surface area contributed by atoms with Crippen LogP contribution in [0.25, 0.3) is 11.4 Å². The van der Waals surface area contributed by atoms with Crippen molar-refractivity contribution < 1.29 is 14.6 Å². The molecule has 2 rings (SSSR count). The first kappa shape index (κ1) is 17.1. The van der Waals surface area contributed by atoms with Gasteiger partial charge in [0.25, 0.3) is 0 Å². The molecule has 2 N–H and O–H groups in total. The number of aliphatic hydroxyl groups is 1. The number of nitrogens with zero attached hydrogens (tertiary/aromatic N) is 4. The van der Waals surface area contributed by atoms with E-state index in [2.05, 4.69) is 20.3 Å². The molecule has 0 amide bonds. The van der Waals surface area contributed by atoms with Gasteiger partial charge in [0.1, 0.15) is 13.5 Å². The molecule has 0 fully saturated rings. The first-order valence-corrected chi connectivity index (χ1v) is 7.17. The highest BCUT2D eigenvalue weighted by Gasteiger charge is 2.14. The number of ether oxygens (including phenoxy) is 2. The number of aliphatic hydroxyl groups excluding tert-OH is 1. The first-order chi connectivity index (χ1) is 11.3. The third-order valence-corrected chi connectivity index (χ3v) is 2.97. The summed E-state index contributed by atoms with van der Waals surface area (Å²) in [7, 11) is 3.16. The Bertz CT molecular complexity index is 591. The standard InChI is InChI=1S/C15H21N5O3/c1-22-10-16-14-17-13(12-6-4-3-5-7-12)18-15(19-14)20(8-9-21)11-23-2/h3-7,21H,8-11H2,1-2H3,(H,16,17,18,19). The summed E-state index contributed by atoms with van der Waals surface area (Å²) in [6.07, 6.45) is 0. The smallest absolute Gasteiger partial charge is 0.232 e. The molecule has 8 heteroatoms. The lowest BCUT2D eigenvalue weighted by atomic mass is 10.2. The fourth-order valence-corrected chi connectivity index (χ4v) is 1.94. The van der Waals surface area contributed by atoms with E-state index in [0.29, 0.717) is 24.3 Å². The maximum Gasteiger partial charge on any atom is 0.232 e. The molecule has 1 aromatic heterocycles. The molecule has 0 saturated carbocycles. The van der Waals surface area contributed by atoms with Gasteiger partial charge >= 0.3 is 0 Å². The second kappa shape index (κ2) is 8.99. The topological polar surface area (TPSA) is 92.6 Å². The Morgan fingerprint density at radius 2 is 1.87 bits per heavy atom. The molecule has 2 aromatic rings. The average Bonchev–Trinajstić information content (AvgIpc) is 2.60. The van der Waals surface area contributed by atoms with Crippen molar-refractivity contribution in [3.63, 3.8) is 0 Å². The van der Waals surface area contributed by atoms with Crippen molar-refractivity contribution >= 4 is 11.9 Å². The van der Waals surface area contributed by atoms with Crippen LogP contribution >= 0.6 is 0 Å². The molecule has 1 heterocycles. The van der Waals surface area contributed by atoms with E-state index in [1.165, 1.54) is 0 Å². The van der Waals surface area contributed by atoms with E-state index in [0.717, 1.165) is 5.56 Å². The van der Waals surface area contributed by atoms with Crippen molar-refractivity contribution in [3.8, 4) is 11.4 Å². The first-order valence-electron chi connectivity index (χ1n) is 7.17. The molecule has 0 aliphatic heterocycles. The largest absolute Gasteiger partial charge is 0.395 e. The van der Waals surface area contributed by atoms with E-state index in [1.54, 1.807) is 19.1 Å². The molecular weight excluding hydrogens is 298 g/mol. The van der Waals surface area contributed by atoms with E-state index < -0.39 is 0 Å². The van der Waals surface area contributed by atoms with E-state index in [4.69, 9.17) is 9.47 Å². The van der Waals surface area contributed by atoms with Gasteiger partial charge in [-0.15, -0.1) is 0 Å². The maximum atomic E-state index is 9.22. The fourth-order valence-electron chi connectivity index (χ4n) is 1.94. The van der Waals surface area contributed by atoms with Crippen LogP contribution in [0, 0.1) is 0 Å². The summed E-state index contributed by atoms with van der Waals surface area (Å²) < 4.78 is 10.1. The second-order valence-electron chi connectivity index (χ2n) is 4.66. The van der Waals surface area contributed by atoms with Gasteiger partial charge in [-0.3, -0.25) is 0 Å². The monoisotopic (exact) mass is 319 g/mol. The highest BCUT2D eigenvalue weighted by molar-refractivity contribution is 5.58. The Hall–Kier alpha value is -2.29. The summed E-state index contributed by atoms with van der Waals surface area (Å²) >= 11 is 0. The molecule has 0 saturated heterocycles. The number of benzene rings is 1. The van der Waals surface area contributed by atoms with Crippen LogP contribution in [0.3, 0.4) is 0 Å². The summed E-state index contributed by atoms with van der Waals surface area (Å²) in [5, 5.41) is 12.2. The Kier molecular flexibility index (Phi) is 6.67. The fraction of sp³-hybridized carbons (Fsp3) is 0.400. The van der Waals surface area contributed by atoms with Crippen LogP contribution in [0.15, 0.2) is 30.3 Å². The van der Waals surface area contributed by atoms with Crippen LogP contribution in [0.4, 0.5) is 11.9 Å². The van der Waals surface area contributed by atoms with Gasteiger partial charge in [-0.25, -0.2) is 0 Å². The van der Waals surface area contributed by atoms with Gasteiger partial charge in [-0.05, 0) is 0 Å². The highest BCUT2D eigenvalue weighted by Crippen LogP contribution is 2.19. The molecule has 0 spiro atoms. The zero-order valence-corrected chi connectivity index (χ0v) is 13.3. The number of hydrogen-bond acceptors (Lipinski definition) is 8. The molecule has 8 nitrogen and oxygen atoms in total. The third-order valence-electron chi connectivity index (χ3n) is 2.97. The van der Waals surface area contributed by atoms with E-state index in [-0.39, 0.29) is 20.1 Å². The molecule has 0 radical (unpaired) electrons. The van der Waals surface area contributed by atoms with Gasteiger partial charge in [0, 0.05) is 26.3 Å². The molecule has 124 valence electrons. The molecule has 0 atom stereocenters. The summed E-state index contributed by atoms with van der Waals surface area (Å²) in [5.74, 6) is 1.36. The van der Waals surface area contributed by atoms with Crippen molar-refractivity contribution in [2.45, 2.75) is 0 Å². The highest BCUT2D eigenvalue weighted by atomic mass is 16.5. The summed E-state index contributed by atoms with van der Waals surface area (Å²) in [4.78, 5) is 15.0. The number of methoxy groups -OCH3 is 2. The second-order valence-corrected chi connectivity index (χ2v) is 4.66. The van der Waals surface area contributed by atoms with Crippen molar-refractivity contribution in [1.82, 2.24) is 15.0 Å². The molecule has 23 heavy (non-hydrogen) atoms. The number of hydrogen-bond donors (Lipinski definition) is 2. The Balaban J connectivity index is 2.39. The Morgan fingerprint density at radius 3 is 2.52 bits per heavy atom. The Morgan fingerprint density at radius 1 is 1.09 bits per heavy atom. The minimum absolute atomic E-state index is 0.0312. The van der Waals surface area contributed by atoms with Gasteiger partial charge in [-0.2, -0.15) is 15.0 Å². The lowest BCUT2D eigenvalue weighted by molar-refractivity contribution is 0.188.